The molecule has 0 unspecified atom stereocenters. The maximum atomic E-state index is 4.43. The van der Waals surface area contributed by atoms with E-state index < -0.39 is 0 Å². The smallest absolute Gasteiger partial charge is 0.134 e. The second-order valence-electron chi connectivity index (χ2n) is 5.98. The average Bonchev–Trinajstić information content (AvgIpc) is 3.21. The molecule has 118 valence electrons. The largest absolute Gasteiger partial charge is 0.277 e. The lowest BCUT2D eigenvalue weighted by atomic mass is 10.1. The Morgan fingerprint density at radius 3 is 2.71 bits per heavy atom. The summed E-state index contributed by atoms with van der Waals surface area (Å²) in [4.78, 5) is 0. The van der Waals surface area contributed by atoms with Crippen LogP contribution in [-0.2, 0) is 0 Å². The first kappa shape index (κ1) is 14.4. The van der Waals surface area contributed by atoms with E-state index in [1.54, 1.807) is 4.68 Å². The number of benzene rings is 2. The van der Waals surface area contributed by atoms with Crippen molar-refractivity contribution in [1.29, 1.82) is 0 Å². The van der Waals surface area contributed by atoms with Crippen LogP contribution in [0.3, 0.4) is 0 Å². The van der Waals surface area contributed by atoms with Crippen LogP contribution in [-0.4, -0.2) is 25.2 Å². The number of hydrogen-bond donors (Lipinski definition) is 1. The Balaban J connectivity index is 1.79. The molecule has 5 nitrogen and oxygen atoms in total. The summed E-state index contributed by atoms with van der Waals surface area (Å²) in [6.45, 7) is 4.18. The van der Waals surface area contributed by atoms with Crippen molar-refractivity contribution in [1.82, 2.24) is 25.2 Å². The van der Waals surface area contributed by atoms with Crippen molar-refractivity contribution in [3.63, 3.8) is 0 Å². The molecule has 2 aromatic carbocycles. The van der Waals surface area contributed by atoms with Crippen LogP contribution in [0.4, 0.5) is 0 Å². The van der Waals surface area contributed by atoms with Gasteiger partial charge in [0, 0.05) is 5.39 Å². The molecule has 0 amide bonds. The minimum absolute atomic E-state index is 0.749. The molecule has 0 radical (unpaired) electrons. The highest BCUT2D eigenvalue weighted by Gasteiger charge is 2.12. The van der Waals surface area contributed by atoms with Crippen LogP contribution in [0.2, 0.25) is 0 Å². The summed E-state index contributed by atoms with van der Waals surface area (Å²) in [6, 6.07) is 16.2. The van der Waals surface area contributed by atoms with E-state index in [0.717, 1.165) is 33.5 Å². The van der Waals surface area contributed by atoms with Gasteiger partial charge in [-0.05, 0) is 43.7 Å². The maximum absolute atomic E-state index is 4.43. The van der Waals surface area contributed by atoms with Crippen LogP contribution >= 0.6 is 0 Å². The van der Waals surface area contributed by atoms with Crippen molar-refractivity contribution < 1.29 is 0 Å². The molecule has 0 aliphatic rings. The van der Waals surface area contributed by atoms with Gasteiger partial charge in [-0.3, -0.25) is 5.10 Å². The van der Waals surface area contributed by atoms with Gasteiger partial charge in [0.05, 0.1) is 17.4 Å². The van der Waals surface area contributed by atoms with E-state index in [9.17, 15) is 0 Å². The monoisotopic (exact) mass is 315 g/mol. The van der Waals surface area contributed by atoms with Crippen molar-refractivity contribution >= 4 is 17.0 Å². The van der Waals surface area contributed by atoms with Gasteiger partial charge in [-0.25, -0.2) is 4.68 Å². The lowest BCUT2D eigenvalue weighted by Gasteiger charge is -1.98. The summed E-state index contributed by atoms with van der Waals surface area (Å²) in [6.07, 6.45) is 4.05. The van der Waals surface area contributed by atoms with Gasteiger partial charge in [0.15, 0.2) is 0 Å². The molecule has 0 aliphatic heterocycles. The molecule has 4 aromatic rings. The molecule has 0 aliphatic carbocycles. The second kappa shape index (κ2) is 5.77. The van der Waals surface area contributed by atoms with Gasteiger partial charge in [0.25, 0.3) is 0 Å². The Labute approximate surface area is 139 Å². The van der Waals surface area contributed by atoms with E-state index in [0.29, 0.717) is 0 Å². The number of aromatic amines is 1. The molecule has 0 fully saturated rings. The summed E-state index contributed by atoms with van der Waals surface area (Å²) < 4.78 is 1.76. The van der Waals surface area contributed by atoms with Crippen molar-refractivity contribution in [2.45, 2.75) is 13.8 Å². The molecule has 0 atom stereocenters. The van der Waals surface area contributed by atoms with Crippen LogP contribution < -0.4 is 0 Å². The Morgan fingerprint density at radius 1 is 1.08 bits per heavy atom. The summed E-state index contributed by atoms with van der Waals surface area (Å²) in [7, 11) is 0. The summed E-state index contributed by atoms with van der Waals surface area (Å²) in [5.41, 5.74) is 5.94. The van der Waals surface area contributed by atoms with E-state index >= 15 is 0 Å². The molecule has 0 saturated heterocycles. The van der Waals surface area contributed by atoms with Gasteiger partial charge in [0.1, 0.15) is 11.4 Å². The van der Waals surface area contributed by atoms with Gasteiger partial charge in [-0.15, -0.1) is 5.10 Å². The fraction of sp³-hybridized carbons (Fsp3) is 0.105. The van der Waals surface area contributed by atoms with E-state index in [-0.39, 0.29) is 0 Å². The lowest BCUT2D eigenvalue weighted by molar-refractivity contribution is 0.803. The van der Waals surface area contributed by atoms with Crippen molar-refractivity contribution in [3.05, 3.63) is 65.9 Å². The molecular weight excluding hydrogens is 298 g/mol. The number of rotatable bonds is 3. The third-order valence-corrected chi connectivity index (χ3v) is 3.80. The fourth-order valence-electron chi connectivity index (χ4n) is 2.73. The number of hydrogen-bond acceptors (Lipinski definition) is 3. The third kappa shape index (κ3) is 2.60. The van der Waals surface area contributed by atoms with Crippen LogP contribution in [0.1, 0.15) is 19.4 Å². The van der Waals surface area contributed by atoms with Gasteiger partial charge in [0.2, 0.25) is 0 Å². The zero-order valence-corrected chi connectivity index (χ0v) is 13.6. The molecule has 0 saturated carbocycles. The Morgan fingerprint density at radius 2 is 1.92 bits per heavy atom. The lowest BCUT2D eigenvalue weighted by Crippen LogP contribution is -1.93. The van der Waals surface area contributed by atoms with E-state index in [1.165, 1.54) is 5.57 Å². The Bertz CT molecular complexity index is 1020. The molecule has 2 heterocycles. The summed E-state index contributed by atoms with van der Waals surface area (Å²) >= 11 is 0. The molecule has 24 heavy (non-hydrogen) atoms. The zero-order valence-electron chi connectivity index (χ0n) is 13.6. The topological polar surface area (TPSA) is 59.4 Å². The maximum Gasteiger partial charge on any atom is 0.134 e. The van der Waals surface area contributed by atoms with Crippen molar-refractivity contribution in [3.8, 4) is 17.1 Å². The van der Waals surface area contributed by atoms with Crippen LogP contribution in [0.25, 0.3) is 34.1 Å². The minimum atomic E-state index is 0.749. The highest BCUT2D eigenvalue weighted by molar-refractivity contribution is 5.93. The predicted molar refractivity (Wildman–Crippen MR) is 95.8 cm³/mol. The summed E-state index contributed by atoms with van der Waals surface area (Å²) in [5.74, 6) is 0. The number of para-hydroxylation sites is 1. The van der Waals surface area contributed by atoms with Crippen LogP contribution in [0, 0.1) is 0 Å². The molecule has 0 spiro atoms. The van der Waals surface area contributed by atoms with Gasteiger partial charge in [-0.2, -0.15) is 5.10 Å². The Hall–Kier alpha value is -3.21. The van der Waals surface area contributed by atoms with Gasteiger partial charge >= 0.3 is 0 Å². The van der Waals surface area contributed by atoms with Gasteiger partial charge in [-0.1, -0.05) is 41.1 Å². The number of fused-ring (bicyclic) bond motifs is 1. The van der Waals surface area contributed by atoms with Crippen molar-refractivity contribution in [2.75, 3.05) is 0 Å². The number of aromatic nitrogens is 5. The zero-order chi connectivity index (χ0) is 16.5. The summed E-state index contributed by atoms with van der Waals surface area (Å²) in [5, 5.41) is 17.1. The molecule has 0 bridgehead atoms. The molecule has 1 N–H and O–H groups in total. The van der Waals surface area contributed by atoms with E-state index in [4.69, 9.17) is 0 Å². The van der Waals surface area contributed by atoms with E-state index in [2.05, 4.69) is 52.6 Å². The molecule has 5 heteroatoms. The van der Waals surface area contributed by atoms with Crippen molar-refractivity contribution in [2.24, 2.45) is 0 Å². The third-order valence-electron chi connectivity index (χ3n) is 3.80. The normalized spacial score (nSPS) is 10.9. The number of nitrogens with one attached hydrogen (secondary N) is 1. The highest BCUT2D eigenvalue weighted by atomic mass is 15.4. The fourth-order valence-corrected chi connectivity index (χ4v) is 2.73. The predicted octanol–water partition coefficient (Wildman–Crippen LogP) is 4.23. The quantitative estimate of drug-likeness (QED) is 0.615. The number of allylic oxidation sites excluding steroid dienone is 1. The molecule has 4 rings (SSSR count). The first-order valence-corrected chi connectivity index (χ1v) is 7.82. The minimum Gasteiger partial charge on any atom is -0.277 e. The molecular formula is C19H17N5. The van der Waals surface area contributed by atoms with Crippen LogP contribution in [0.5, 0.6) is 0 Å². The van der Waals surface area contributed by atoms with E-state index in [1.807, 2.05) is 42.6 Å². The first-order valence-electron chi connectivity index (χ1n) is 7.82. The second-order valence-corrected chi connectivity index (χ2v) is 5.98. The highest BCUT2D eigenvalue weighted by Crippen LogP contribution is 2.26. The first-order chi connectivity index (χ1) is 11.7. The average molecular weight is 315 g/mol. The SMILES string of the molecule is CC(C)=Cc1ccc2[nH]nc(-c3cn(-c4ccccc4)nn3)c2c1. The standard InChI is InChI=1S/C19H17N5/c1-13(2)10-14-8-9-17-16(11-14)19(22-20-17)18-12-24(23-21-18)15-6-4-3-5-7-15/h3-12H,1-2H3,(H,20,22). The van der Waals surface area contributed by atoms with Crippen LogP contribution in [0.15, 0.2) is 60.3 Å². The molecule has 2 aromatic heterocycles. The van der Waals surface area contributed by atoms with Gasteiger partial charge < -0.3 is 0 Å². The Kier molecular flexibility index (Phi) is 3.46. The number of H-pyrrole nitrogens is 1. The number of nitrogens with zero attached hydrogens (tertiary/aromatic N) is 4.